The molecule has 1 aliphatic rings. The van der Waals surface area contributed by atoms with Crippen molar-refractivity contribution in [3.8, 4) is 6.07 Å². The Kier molecular flexibility index (Phi) is 4.48. The normalized spacial score (nSPS) is 19.2. The molecule has 5 nitrogen and oxygen atoms in total. The number of rotatable bonds is 4. The Hall–Kier alpha value is -1.67. The molecule has 0 aromatic carbocycles. The Morgan fingerprint density at radius 1 is 1.56 bits per heavy atom. The molecule has 0 radical (unpaired) electrons. The maximum absolute atomic E-state index is 9.11. The third-order valence-corrected chi connectivity index (χ3v) is 3.36. The molecular weight excluding hydrogens is 226 g/mol. The molecule has 0 bridgehead atoms. The molecule has 1 saturated heterocycles. The molecular formula is C13H19N5. The van der Waals surface area contributed by atoms with Crippen LogP contribution in [0.3, 0.4) is 0 Å². The van der Waals surface area contributed by atoms with Crippen molar-refractivity contribution in [1.29, 1.82) is 5.26 Å². The number of likely N-dealkylation sites (N-methyl/N-ethyl adjacent to an activating group) is 1. The summed E-state index contributed by atoms with van der Waals surface area (Å²) in [5.41, 5.74) is 0.600. The van der Waals surface area contributed by atoms with E-state index in [9.17, 15) is 0 Å². The minimum absolute atomic E-state index is 0.493. The van der Waals surface area contributed by atoms with Crippen LogP contribution in [0.4, 0.5) is 5.82 Å². The summed E-state index contributed by atoms with van der Waals surface area (Å²) in [4.78, 5) is 2.13. The van der Waals surface area contributed by atoms with Crippen molar-refractivity contribution in [3.05, 3.63) is 17.8 Å². The minimum Gasteiger partial charge on any atom is -0.353 e. The average molecular weight is 245 g/mol. The van der Waals surface area contributed by atoms with Gasteiger partial charge in [0.15, 0.2) is 5.82 Å². The first kappa shape index (κ1) is 12.8. The highest BCUT2D eigenvalue weighted by Gasteiger charge is 2.18. The van der Waals surface area contributed by atoms with Crippen LogP contribution in [0.2, 0.25) is 0 Å². The quantitative estimate of drug-likeness (QED) is 0.866. The molecule has 5 heteroatoms. The third-order valence-electron chi connectivity index (χ3n) is 3.36. The Morgan fingerprint density at radius 2 is 2.44 bits per heavy atom. The van der Waals surface area contributed by atoms with Crippen LogP contribution in [0.25, 0.3) is 0 Å². The maximum atomic E-state index is 9.11. The van der Waals surface area contributed by atoms with Gasteiger partial charge in [-0.2, -0.15) is 10.4 Å². The van der Waals surface area contributed by atoms with Crippen LogP contribution in [0.15, 0.2) is 12.3 Å². The highest BCUT2D eigenvalue weighted by atomic mass is 15.3. The van der Waals surface area contributed by atoms with Gasteiger partial charge in [-0.15, -0.1) is 5.10 Å². The molecule has 0 saturated carbocycles. The first-order valence-corrected chi connectivity index (χ1v) is 6.55. The Labute approximate surface area is 108 Å². The molecule has 0 aliphatic carbocycles. The van der Waals surface area contributed by atoms with Gasteiger partial charge in [-0.3, -0.25) is 0 Å². The van der Waals surface area contributed by atoms with Crippen molar-refractivity contribution in [2.45, 2.75) is 32.2 Å². The van der Waals surface area contributed by atoms with Crippen LogP contribution >= 0.6 is 0 Å². The second-order valence-corrected chi connectivity index (χ2v) is 4.57. The Morgan fingerprint density at radius 3 is 3.11 bits per heavy atom. The molecule has 2 rings (SSSR count). The lowest BCUT2D eigenvalue weighted by Crippen LogP contribution is -2.44. The summed E-state index contributed by atoms with van der Waals surface area (Å²) in [5, 5.41) is 20.6. The van der Waals surface area contributed by atoms with Gasteiger partial charge in [0.1, 0.15) is 6.07 Å². The molecule has 1 aromatic rings. The molecule has 18 heavy (non-hydrogen) atoms. The summed E-state index contributed by atoms with van der Waals surface area (Å²) in [6.45, 7) is 4.90. The second kappa shape index (κ2) is 6.31. The number of nitrogens with zero attached hydrogens (tertiary/aromatic N) is 4. The standard InChI is InChI=1S/C13H19N5/c1-2-18(10-12-5-3-4-7-15-12)13-11(9-14)6-8-16-17-13/h6,8,12,15H,2-5,7,10H2,1H3. The van der Waals surface area contributed by atoms with E-state index in [0.29, 0.717) is 17.4 Å². The fourth-order valence-electron chi connectivity index (χ4n) is 2.36. The lowest BCUT2D eigenvalue weighted by Gasteiger charge is -2.30. The molecule has 96 valence electrons. The third kappa shape index (κ3) is 2.96. The van der Waals surface area contributed by atoms with Crippen molar-refractivity contribution < 1.29 is 0 Å². The number of hydrogen-bond donors (Lipinski definition) is 1. The van der Waals surface area contributed by atoms with Crippen LogP contribution in [-0.4, -0.2) is 35.9 Å². The van der Waals surface area contributed by atoms with E-state index >= 15 is 0 Å². The first-order valence-electron chi connectivity index (χ1n) is 6.55. The predicted octanol–water partition coefficient (Wildman–Crippen LogP) is 1.32. The molecule has 1 atom stereocenters. The van der Waals surface area contributed by atoms with E-state index in [4.69, 9.17) is 5.26 Å². The number of piperidine rings is 1. The van der Waals surface area contributed by atoms with Crippen LogP contribution in [0.1, 0.15) is 31.7 Å². The molecule has 0 amide bonds. The van der Waals surface area contributed by atoms with E-state index in [0.717, 1.165) is 19.6 Å². The topological polar surface area (TPSA) is 64.8 Å². The molecule has 1 N–H and O–H groups in total. The van der Waals surface area contributed by atoms with Crippen molar-refractivity contribution in [1.82, 2.24) is 15.5 Å². The molecule has 1 aliphatic heterocycles. The SMILES string of the molecule is CCN(CC1CCCCN1)c1nnccc1C#N. The summed E-state index contributed by atoms with van der Waals surface area (Å²) >= 11 is 0. The smallest absolute Gasteiger partial charge is 0.169 e. The van der Waals surface area contributed by atoms with Gasteiger partial charge in [0.25, 0.3) is 0 Å². The molecule has 2 heterocycles. The summed E-state index contributed by atoms with van der Waals surface area (Å²) < 4.78 is 0. The second-order valence-electron chi connectivity index (χ2n) is 4.57. The fourth-order valence-corrected chi connectivity index (χ4v) is 2.36. The zero-order chi connectivity index (χ0) is 12.8. The predicted molar refractivity (Wildman–Crippen MR) is 70.3 cm³/mol. The van der Waals surface area contributed by atoms with Gasteiger partial charge in [0.2, 0.25) is 0 Å². The lowest BCUT2D eigenvalue weighted by atomic mass is 10.0. The van der Waals surface area contributed by atoms with E-state index in [2.05, 4.69) is 33.4 Å². The van der Waals surface area contributed by atoms with Gasteiger partial charge in [0.05, 0.1) is 11.8 Å². The first-order chi connectivity index (χ1) is 8.85. The summed E-state index contributed by atoms with van der Waals surface area (Å²) in [7, 11) is 0. The number of anilines is 1. The van der Waals surface area contributed by atoms with E-state index in [1.165, 1.54) is 19.3 Å². The van der Waals surface area contributed by atoms with Crippen molar-refractivity contribution >= 4 is 5.82 Å². The van der Waals surface area contributed by atoms with Crippen molar-refractivity contribution in [2.24, 2.45) is 0 Å². The van der Waals surface area contributed by atoms with E-state index in [1.807, 2.05) is 0 Å². The molecule has 1 fully saturated rings. The number of aromatic nitrogens is 2. The van der Waals surface area contributed by atoms with Gasteiger partial charge in [-0.05, 0) is 32.4 Å². The highest BCUT2D eigenvalue weighted by Crippen LogP contribution is 2.17. The highest BCUT2D eigenvalue weighted by molar-refractivity contribution is 5.52. The van der Waals surface area contributed by atoms with Gasteiger partial charge < -0.3 is 10.2 Å². The zero-order valence-corrected chi connectivity index (χ0v) is 10.8. The summed E-state index contributed by atoms with van der Waals surface area (Å²) in [5.74, 6) is 0.704. The van der Waals surface area contributed by atoms with E-state index in [1.54, 1.807) is 12.3 Å². The van der Waals surface area contributed by atoms with Crippen LogP contribution in [-0.2, 0) is 0 Å². The van der Waals surface area contributed by atoms with Gasteiger partial charge in [-0.1, -0.05) is 6.42 Å². The monoisotopic (exact) mass is 245 g/mol. The average Bonchev–Trinajstić information content (AvgIpc) is 2.46. The summed E-state index contributed by atoms with van der Waals surface area (Å²) in [6, 6.07) is 4.40. The van der Waals surface area contributed by atoms with Crippen molar-refractivity contribution in [3.63, 3.8) is 0 Å². The maximum Gasteiger partial charge on any atom is 0.169 e. The number of nitrogens with one attached hydrogen (secondary N) is 1. The molecule has 1 unspecified atom stereocenters. The number of hydrogen-bond acceptors (Lipinski definition) is 5. The molecule has 0 spiro atoms. The fraction of sp³-hybridized carbons (Fsp3) is 0.615. The largest absolute Gasteiger partial charge is 0.353 e. The van der Waals surface area contributed by atoms with Crippen LogP contribution in [0.5, 0.6) is 0 Å². The number of nitriles is 1. The van der Waals surface area contributed by atoms with E-state index < -0.39 is 0 Å². The van der Waals surface area contributed by atoms with E-state index in [-0.39, 0.29) is 0 Å². The minimum atomic E-state index is 0.493. The van der Waals surface area contributed by atoms with Gasteiger partial charge in [-0.25, -0.2) is 0 Å². The van der Waals surface area contributed by atoms with Gasteiger partial charge >= 0.3 is 0 Å². The van der Waals surface area contributed by atoms with Gasteiger partial charge in [0, 0.05) is 19.1 Å². The van der Waals surface area contributed by atoms with Crippen LogP contribution < -0.4 is 10.2 Å². The zero-order valence-electron chi connectivity index (χ0n) is 10.8. The Bertz CT molecular complexity index is 420. The Balaban J connectivity index is 2.10. The van der Waals surface area contributed by atoms with Crippen molar-refractivity contribution in [2.75, 3.05) is 24.5 Å². The lowest BCUT2D eigenvalue weighted by molar-refractivity contribution is 0.399. The molecule has 1 aromatic heterocycles. The summed E-state index contributed by atoms with van der Waals surface area (Å²) in [6.07, 6.45) is 5.30. The van der Waals surface area contributed by atoms with Crippen LogP contribution in [0, 0.1) is 11.3 Å².